The quantitative estimate of drug-likeness (QED) is 0.764. The first-order valence-electron chi connectivity index (χ1n) is 5.50. The lowest BCUT2D eigenvalue weighted by Gasteiger charge is -2.20. The first-order valence-corrected chi connectivity index (χ1v) is 5.88. The predicted molar refractivity (Wildman–Crippen MR) is 71.3 cm³/mol. The Morgan fingerprint density at radius 2 is 2.16 bits per heavy atom. The van der Waals surface area contributed by atoms with E-state index in [1.807, 2.05) is 0 Å². The Labute approximate surface area is 115 Å². The number of amides is 1. The van der Waals surface area contributed by atoms with Crippen LogP contribution < -0.4 is 5.73 Å². The molecule has 1 aromatic rings. The second-order valence-corrected chi connectivity index (χ2v) is 4.26. The Morgan fingerprint density at radius 1 is 1.47 bits per heavy atom. The summed E-state index contributed by atoms with van der Waals surface area (Å²) in [5, 5.41) is 9.05. The molecule has 3 N–H and O–H groups in total. The molecular formula is C12H15ClN2O4. The molecule has 0 aliphatic heterocycles. The normalized spacial score (nSPS) is 10.2. The van der Waals surface area contributed by atoms with Gasteiger partial charge in [-0.05, 0) is 18.2 Å². The predicted octanol–water partition coefficient (Wildman–Crippen LogP) is 1.10. The second-order valence-electron chi connectivity index (χ2n) is 3.85. The summed E-state index contributed by atoms with van der Waals surface area (Å²) in [5.74, 6) is -1.52. The van der Waals surface area contributed by atoms with E-state index >= 15 is 0 Å². The number of benzene rings is 1. The van der Waals surface area contributed by atoms with Crippen molar-refractivity contribution in [2.75, 3.05) is 32.5 Å². The fraction of sp³-hybridized carbons (Fsp3) is 0.333. The van der Waals surface area contributed by atoms with Gasteiger partial charge in [-0.2, -0.15) is 0 Å². The summed E-state index contributed by atoms with van der Waals surface area (Å²) in [4.78, 5) is 24.1. The third-order valence-electron chi connectivity index (χ3n) is 2.43. The molecule has 6 nitrogen and oxygen atoms in total. The number of hydrogen-bond donors (Lipinski definition) is 2. The van der Waals surface area contributed by atoms with E-state index in [1.54, 1.807) is 0 Å². The molecule has 19 heavy (non-hydrogen) atoms. The molecule has 0 fully saturated rings. The number of hydrogen-bond acceptors (Lipinski definition) is 4. The van der Waals surface area contributed by atoms with Crippen LogP contribution in [0.3, 0.4) is 0 Å². The topological polar surface area (TPSA) is 92.9 Å². The summed E-state index contributed by atoms with van der Waals surface area (Å²) in [5.41, 5.74) is 6.20. The summed E-state index contributed by atoms with van der Waals surface area (Å²) in [7, 11) is 1.48. The lowest BCUT2D eigenvalue weighted by molar-refractivity contribution is -0.137. The van der Waals surface area contributed by atoms with Crippen molar-refractivity contribution >= 4 is 29.2 Å². The molecule has 0 aliphatic carbocycles. The molecule has 0 radical (unpaired) electrons. The van der Waals surface area contributed by atoms with Gasteiger partial charge < -0.3 is 20.5 Å². The first kappa shape index (κ1) is 15.3. The minimum atomic E-state index is -1.09. The van der Waals surface area contributed by atoms with Crippen LogP contribution in [0.2, 0.25) is 5.02 Å². The van der Waals surface area contributed by atoms with Gasteiger partial charge in [0.15, 0.2) is 0 Å². The molecule has 1 aromatic carbocycles. The number of carboxylic acids is 1. The zero-order chi connectivity index (χ0) is 14.4. The standard InChI is InChI=1S/C12H15ClN2O4/c1-19-5-4-15(7-11(16)17)12(18)8-2-3-10(14)9(13)6-8/h2-3,6H,4-5,7,14H2,1H3,(H,16,17). The molecule has 0 saturated heterocycles. The van der Waals surface area contributed by atoms with Gasteiger partial charge in [-0.15, -0.1) is 0 Å². The van der Waals surface area contributed by atoms with E-state index in [1.165, 1.54) is 30.2 Å². The molecule has 7 heteroatoms. The number of rotatable bonds is 6. The van der Waals surface area contributed by atoms with Crippen molar-refractivity contribution in [1.82, 2.24) is 4.90 Å². The number of aliphatic carboxylic acids is 1. The number of carboxylic acid groups (broad SMARTS) is 1. The van der Waals surface area contributed by atoms with Crippen molar-refractivity contribution in [1.29, 1.82) is 0 Å². The monoisotopic (exact) mass is 286 g/mol. The molecule has 1 amide bonds. The van der Waals surface area contributed by atoms with E-state index in [0.717, 1.165) is 0 Å². The van der Waals surface area contributed by atoms with E-state index in [4.69, 9.17) is 27.2 Å². The van der Waals surface area contributed by atoms with Crippen molar-refractivity contribution < 1.29 is 19.4 Å². The maximum Gasteiger partial charge on any atom is 0.323 e. The number of carbonyl (C=O) groups excluding carboxylic acids is 1. The summed E-state index contributed by atoms with van der Waals surface area (Å²) in [6, 6.07) is 4.43. The molecule has 0 unspecified atom stereocenters. The summed E-state index contributed by atoms with van der Waals surface area (Å²) < 4.78 is 4.85. The number of ether oxygens (including phenoxy) is 1. The molecule has 0 spiro atoms. The Morgan fingerprint density at radius 3 is 2.68 bits per heavy atom. The highest BCUT2D eigenvalue weighted by Gasteiger charge is 2.18. The Kier molecular flexibility index (Phi) is 5.59. The van der Waals surface area contributed by atoms with Crippen LogP contribution in [-0.4, -0.2) is 48.7 Å². The highest BCUT2D eigenvalue weighted by molar-refractivity contribution is 6.33. The van der Waals surface area contributed by atoms with Crippen LogP contribution in [0.1, 0.15) is 10.4 Å². The smallest absolute Gasteiger partial charge is 0.323 e. The number of halogens is 1. The van der Waals surface area contributed by atoms with Crippen molar-refractivity contribution in [2.45, 2.75) is 0 Å². The second kappa shape index (κ2) is 6.96. The molecule has 104 valence electrons. The molecule has 0 heterocycles. The number of carbonyl (C=O) groups is 2. The van der Waals surface area contributed by atoms with Gasteiger partial charge in [0, 0.05) is 19.2 Å². The van der Waals surface area contributed by atoms with Gasteiger partial charge >= 0.3 is 5.97 Å². The summed E-state index contributed by atoms with van der Waals surface area (Å²) in [6.07, 6.45) is 0. The van der Waals surface area contributed by atoms with Crippen LogP contribution >= 0.6 is 11.6 Å². The Hall–Kier alpha value is -1.79. The van der Waals surface area contributed by atoms with E-state index in [0.29, 0.717) is 5.69 Å². The van der Waals surface area contributed by atoms with E-state index in [9.17, 15) is 9.59 Å². The van der Waals surface area contributed by atoms with Crippen molar-refractivity contribution in [3.05, 3.63) is 28.8 Å². The first-order chi connectivity index (χ1) is 8.95. The van der Waals surface area contributed by atoms with Gasteiger partial charge in [0.25, 0.3) is 5.91 Å². The van der Waals surface area contributed by atoms with Crippen molar-refractivity contribution in [3.8, 4) is 0 Å². The highest BCUT2D eigenvalue weighted by Crippen LogP contribution is 2.20. The molecule has 1 rings (SSSR count). The maximum atomic E-state index is 12.2. The van der Waals surface area contributed by atoms with E-state index < -0.39 is 18.4 Å². The van der Waals surface area contributed by atoms with E-state index in [-0.39, 0.29) is 23.7 Å². The molecular weight excluding hydrogens is 272 g/mol. The minimum Gasteiger partial charge on any atom is -0.480 e. The largest absolute Gasteiger partial charge is 0.480 e. The van der Waals surface area contributed by atoms with Gasteiger partial charge in [-0.25, -0.2) is 0 Å². The fourth-order valence-electron chi connectivity index (χ4n) is 1.46. The van der Waals surface area contributed by atoms with Gasteiger partial charge in [-0.3, -0.25) is 9.59 Å². The average Bonchev–Trinajstić information content (AvgIpc) is 2.36. The van der Waals surface area contributed by atoms with Crippen LogP contribution in [0.15, 0.2) is 18.2 Å². The molecule has 0 aliphatic rings. The zero-order valence-corrected chi connectivity index (χ0v) is 11.2. The van der Waals surface area contributed by atoms with Gasteiger partial charge in [0.1, 0.15) is 6.54 Å². The highest BCUT2D eigenvalue weighted by atomic mass is 35.5. The molecule has 0 saturated carbocycles. The number of methoxy groups -OCH3 is 1. The third-order valence-corrected chi connectivity index (χ3v) is 2.75. The van der Waals surface area contributed by atoms with Gasteiger partial charge in [-0.1, -0.05) is 11.6 Å². The van der Waals surface area contributed by atoms with Gasteiger partial charge in [0.05, 0.1) is 17.3 Å². The summed E-state index contributed by atoms with van der Waals surface area (Å²) >= 11 is 5.84. The van der Waals surface area contributed by atoms with Crippen molar-refractivity contribution in [3.63, 3.8) is 0 Å². The van der Waals surface area contributed by atoms with Crippen LogP contribution in [0.25, 0.3) is 0 Å². The van der Waals surface area contributed by atoms with Crippen molar-refractivity contribution in [2.24, 2.45) is 0 Å². The molecule has 0 bridgehead atoms. The van der Waals surface area contributed by atoms with Crippen LogP contribution in [0, 0.1) is 0 Å². The molecule has 0 atom stereocenters. The lowest BCUT2D eigenvalue weighted by atomic mass is 10.2. The third kappa shape index (κ3) is 4.42. The van der Waals surface area contributed by atoms with Crippen LogP contribution in [-0.2, 0) is 9.53 Å². The fourth-order valence-corrected chi connectivity index (χ4v) is 1.64. The zero-order valence-electron chi connectivity index (χ0n) is 10.4. The van der Waals surface area contributed by atoms with Gasteiger partial charge in [0.2, 0.25) is 0 Å². The number of nitrogen functional groups attached to an aromatic ring is 1. The Bertz CT molecular complexity index is 479. The number of nitrogens with zero attached hydrogens (tertiary/aromatic N) is 1. The maximum absolute atomic E-state index is 12.2. The summed E-state index contributed by atoms with van der Waals surface area (Å²) in [6.45, 7) is 0.0372. The van der Waals surface area contributed by atoms with Crippen LogP contribution in [0.5, 0.6) is 0 Å². The number of nitrogens with two attached hydrogens (primary N) is 1. The molecule has 0 aromatic heterocycles. The average molecular weight is 287 g/mol. The Balaban J connectivity index is 2.90. The van der Waals surface area contributed by atoms with Crippen LogP contribution in [0.4, 0.5) is 5.69 Å². The SMILES string of the molecule is COCCN(CC(=O)O)C(=O)c1ccc(N)c(Cl)c1. The number of anilines is 1. The minimum absolute atomic E-state index is 0.184. The van der Waals surface area contributed by atoms with E-state index in [2.05, 4.69) is 0 Å². The lowest BCUT2D eigenvalue weighted by Crippen LogP contribution is -2.38.